The maximum Gasteiger partial charge on any atom is 0.306 e. The molecule has 1 amide bonds. The van der Waals surface area contributed by atoms with Crippen molar-refractivity contribution in [2.75, 3.05) is 13.7 Å². The van der Waals surface area contributed by atoms with Gasteiger partial charge in [0.25, 0.3) is 5.91 Å². The van der Waals surface area contributed by atoms with E-state index in [1.807, 2.05) is 60.8 Å². The number of nitrogens with one attached hydrogen (secondary N) is 1. The number of carbonyl (C=O) groups is 2. The minimum absolute atomic E-state index is 0.184. The van der Waals surface area contributed by atoms with Crippen LogP contribution in [-0.4, -0.2) is 35.4 Å². The highest BCUT2D eigenvalue weighted by atomic mass is 16.5. The van der Waals surface area contributed by atoms with Gasteiger partial charge in [0.15, 0.2) is 6.61 Å². The normalized spacial score (nSPS) is 10.4. The van der Waals surface area contributed by atoms with E-state index in [1.54, 1.807) is 18.0 Å². The summed E-state index contributed by atoms with van der Waals surface area (Å²) in [5.74, 6) is -0.0502. The number of esters is 1. The van der Waals surface area contributed by atoms with E-state index in [9.17, 15) is 9.59 Å². The molecule has 2 aromatic carbocycles. The van der Waals surface area contributed by atoms with Crippen LogP contribution in [0.25, 0.3) is 5.69 Å². The Morgan fingerprint density at radius 2 is 1.90 bits per heavy atom. The van der Waals surface area contributed by atoms with E-state index in [1.165, 1.54) is 0 Å². The monoisotopic (exact) mass is 393 g/mol. The molecule has 0 aliphatic rings. The van der Waals surface area contributed by atoms with Gasteiger partial charge in [-0.3, -0.25) is 9.59 Å². The third kappa shape index (κ3) is 6.21. The van der Waals surface area contributed by atoms with Crippen LogP contribution in [0.5, 0.6) is 5.75 Å². The highest BCUT2D eigenvalue weighted by Gasteiger charge is 2.09. The maximum atomic E-state index is 11.9. The SMILES string of the molecule is COc1cccc(CNC(=O)COC(=O)CCc2cnn(-c3ccccc3)c2)c1. The molecule has 29 heavy (non-hydrogen) atoms. The Hall–Kier alpha value is -3.61. The first-order valence-corrected chi connectivity index (χ1v) is 9.28. The largest absolute Gasteiger partial charge is 0.497 e. The zero-order chi connectivity index (χ0) is 20.5. The number of benzene rings is 2. The number of para-hydroxylation sites is 1. The molecule has 0 atom stereocenters. The van der Waals surface area contributed by atoms with Gasteiger partial charge in [-0.2, -0.15) is 5.10 Å². The molecule has 0 unspecified atom stereocenters. The Morgan fingerprint density at radius 1 is 1.07 bits per heavy atom. The second kappa shape index (κ2) is 10.1. The molecule has 0 fully saturated rings. The fourth-order valence-corrected chi connectivity index (χ4v) is 2.71. The second-order valence-corrected chi connectivity index (χ2v) is 6.42. The third-order valence-corrected chi connectivity index (χ3v) is 4.26. The van der Waals surface area contributed by atoms with E-state index < -0.39 is 5.97 Å². The molecule has 1 aromatic heterocycles. The molecular weight excluding hydrogens is 370 g/mol. The van der Waals surface area contributed by atoms with Crippen LogP contribution in [0.1, 0.15) is 17.5 Å². The van der Waals surface area contributed by atoms with Gasteiger partial charge in [-0.1, -0.05) is 30.3 Å². The molecule has 0 saturated heterocycles. The van der Waals surface area contributed by atoms with Gasteiger partial charge < -0.3 is 14.8 Å². The van der Waals surface area contributed by atoms with E-state index in [4.69, 9.17) is 9.47 Å². The number of carbonyl (C=O) groups excluding carboxylic acids is 2. The van der Waals surface area contributed by atoms with E-state index in [-0.39, 0.29) is 18.9 Å². The van der Waals surface area contributed by atoms with Crippen LogP contribution in [-0.2, 0) is 27.3 Å². The average molecular weight is 393 g/mol. The van der Waals surface area contributed by atoms with Gasteiger partial charge in [0.1, 0.15) is 5.75 Å². The van der Waals surface area contributed by atoms with Crippen LogP contribution < -0.4 is 10.1 Å². The quantitative estimate of drug-likeness (QED) is 0.565. The molecule has 1 heterocycles. The molecule has 3 aromatic rings. The minimum atomic E-state index is -0.422. The summed E-state index contributed by atoms with van der Waals surface area (Å²) in [6.07, 6.45) is 4.28. The van der Waals surface area contributed by atoms with E-state index in [0.717, 1.165) is 22.6 Å². The zero-order valence-corrected chi connectivity index (χ0v) is 16.2. The smallest absolute Gasteiger partial charge is 0.306 e. The standard InChI is InChI=1S/C22H23N3O4/c1-28-20-9-5-6-17(12-20)13-23-21(26)16-29-22(27)11-10-18-14-24-25(15-18)19-7-3-2-4-8-19/h2-9,12,14-15H,10-11,13,16H2,1H3,(H,23,26). The summed E-state index contributed by atoms with van der Waals surface area (Å²) in [4.78, 5) is 23.8. The van der Waals surface area contributed by atoms with Crippen molar-refractivity contribution in [3.05, 3.63) is 78.1 Å². The summed E-state index contributed by atoms with van der Waals surface area (Å²) in [7, 11) is 1.59. The van der Waals surface area contributed by atoms with Crippen LogP contribution in [0.2, 0.25) is 0 Å². The molecule has 0 spiro atoms. The number of nitrogens with zero attached hydrogens (tertiary/aromatic N) is 2. The molecule has 3 rings (SSSR count). The van der Waals surface area contributed by atoms with Crippen LogP contribution in [0.4, 0.5) is 0 Å². The fourth-order valence-electron chi connectivity index (χ4n) is 2.71. The van der Waals surface area contributed by atoms with Crippen molar-refractivity contribution in [2.45, 2.75) is 19.4 Å². The van der Waals surface area contributed by atoms with Gasteiger partial charge in [-0.15, -0.1) is 0 Å². The molecule has 0 aliphatic heterocycles. The number of ether oxygens (including phenoxy) is 2. The first-order valence-electron chi connectivity index (χ1n) is 9.28. The Kier molecular flexibility index (Phi) is 7.00. The number of rotatable bonds is 9. The van der Waals surface area contributed by atoms with Gasteiger partial charge >= 0.3 is 5.97 Å². The first-order chi connectivity index (χ1) is 14.1. The number of amides is 1. The lowest BCUT2D eigenvalue weighted by atomic mass is 10.2. The van der Waals surface area contributed by atoms with Crippen molar-refractivity contribution in [1.82, 2.24) is 15.1 Å². The molecule has 0 aliphatic carbocycles. The maximum absolute atomic E-state index is 11.9. The number of hydrogen-bond acceptors (Lipinski definition) is 5. The average Bonchev–Trinajstić information content (AvgIpc) is 3.24. The molecule has 0 saturated carbocycles. The molecule has 1 N–H and O–H groups in total. The molecule has 7 heteroatoms. The van der Waals surface area contributed by atoms with Crippen molar-refractivity contribution < 1.29 is 19.1 Å². The lowest BCUT2D eigenvalue weighted by Gasteiger charge is -2.07. The molecule has 0 bridgehead atoms. The number of aromatic nitrogens is 2. The number of methoxy groups -OCH3 is 1. The van der Waals surface area contributed by atoms with Crippen LogP contribution in [0, 0.1) is 0 Å². The Balaban J connectivity index is 1.37. The van der Waals surface area contributed by atoms with E-state index in [0.29, 0.717) is 13.0 Å². The lowest BCUT2D eigenvalue weighted by Crippen LogP contribution is -2.28. The predicted molar refractivity (Wildman–Crippen MR) is 108 cm³/mol. The summed E-state index contributed by atoms with van der Waals surface area (Å²) in [6.45, 7) is 0.0400. The highest BCUT2D eigenvalue weighted by Crippen LogP contribution is 2.12. The van der Waals surface area contributed by atoms with E-state index in [2.05, 4.69) is 10.4 Å². The Bertz CT molecular complexity index is 953. The molecular formula is C22H23N3O4. The third-order valence-electron chi connectivity index (χ3n) is 4.26. The van der Waals surface area contributed by atoms with Crippen LogP contribution >= 0.6 is 0 Å². The van der Waals surface area contributed by atoms with Gasteiger partial charge in [0.05, 0.1) is 19.0 Å². The summed E-state index contributed by atoms with van der Waals surface area (Å²) >= 11 is 0. The summed E-state index contributed by atoms with van der Waals surface area (Å²) in [5.41, 5.74) is 2.78. The van der Waals surface area contributed by atoms with Crippen LogP contribution in [0.3, 0.4) is 0 Å². The lowest BCUT2D eigenvalue weighted by molar-refractivity contribution is -0.148. The van der Waals surface area contributed by atoms with Crippen LogP contribution in [0.15, 0.2) is 67.0 Å². The van der Waals surface area contributed by atoms with Crippen molar-refractivity contribution in [3.63, 3.8) is 0 Å². The Morgan fingerprint density at radius 3 is 2.69 bits per heavy atom. The molecule has 150 valence electrons. The fraction of sp³-hybridized carbons (Fsp3) is 0.227. The summed E-state index contributed by atoms with van der Waals surface area (Å²) in [6, 6.07) is 17.1. The van der Waals surface area contributed by atoms with Gasteiger partial charge in [-0.25, -0.2) is 4.68 Å². The minimum Gasteiger partial charge on any atom is -0.497 e. The summed E-state index contributed by atoms with van der Waals surface area (Å²) < 4.78 is 11.9. The number of hydrogen-bond donors (Lipinski definition) is 1. The molecule has 7 nitrogen and oxygen atoms in total. The van der Waals surface area contributed by atoms with Crippen molar-refractivity contribution in [3.8, 4) is 11.4 Å². The Labute approximate surface area is 169 Å². The predicted octanol–water partition coefficient (Wildman–Crippen LogP) is 2.67. The molecule has 0 radical (unpaired) electrons. The van der Waals surface area contributed by atoms with Gasteiger partial charge in [0.2, 0.25) is 0 Å². The van der Waals surface area contributed by atoms with Crippen molar-refractivity contribution >= 4 is 11.9 Å². The second-order valence-electron chi connectivity index (χ2n) is 6.42. The topological polar surface area (TPSA) is 82.4 Å². The first kappa shape index (κ1) is 20.1. The zero-order valence-electron chi connectivity index (χ0n) is 16.2. The van der Waals surface area contributed by atoms with Gasteiger partial charge in [-0.05, 0) is 41.8 Å². The highest BCUT2D eigenvalue weighted by molar-refractivity contribution is 5.80. The summed E-state index contributed by atoms with van der Waals surface area (Å²) in [5, 5.41) is 7.01. The number of aryl methyl sites for hydroxylation is 1. The van der Waals surface area contributed by atoms with Crippen molar-refractivity contribution in [1.29, 1.82) is 0 Å². The van der Waals surface area contributed by atoms with Crippen molar-refractivity contribution in [2.24, 2.45) is 0 Å². The van der Waals surface area contributed by atoms with E-state index >= 15 is 0 Å². The van der Waals surface area contributed by atoms with Gasteiger partial charge in [0, 0.05) is 19.2 Å².